The SMILES string of the molecule is [CH2]C(NC(=O)[C@H]1CCCN1S(=O)(=O)c1ccc(C)cc1)C(=O)O. The minimum Gasteiger partial charge on any atom is -0.480 e. The summed E-state index contributed by atoms with van der Waals surface area (Å²) in [7, 11) is -3.80. The number of nitrogens with zero attached hydrogens (tertiary/aromatic N) is 1. The van der Waals surface area contributed by atoms with E-state index in [1.54, 1.807) is 12.1 Å². The zero-order valence-electron chi connectivity index (χ0n) is 12.7. The van der Waals surface area contributed by atoms with Gasteiger partial charge in [0.1, 0.15) is 12.1 Å². The van der Waals surface area contributed by atoms with Gasteiger partial charge in [0.25, 0.3) is 0 Å². The van der Waals surface area contributed by atoms with Crippen LogP contribution in [0.5, 0.6) is 0 Å². The van der Waals surface area contributed by atoms with Gasteiger partial charge in [-0.3, -0.25) is 4.79 Å². The number of hydrogen-bond acceptors (Lipinski definition) is 4. The Morgan fingerprint density at radius 1 is 1.35 bits per heavy atom. The molecule has 2 atom stereocenters. The smallest absolute Gasteiger partial charge is 0.326 e. The first-order chi connectivity index (χ1) is 10.7. The molecule has 1 fully saturated rings. The molecule has 0 bridgehead atoms. The molecule has 1 aromatic rings. The van der Waals surface area contributed by atoms with E-state index in [0.29, 0.717) is 12.8 Å². The first kappa shape index (κ1) is 17.4. The van der Waals surface area contributed by atoms with Gasteiger partial charge in [0, 0.05) is 6.54 Å². The van der Waals surface area contributed by atoms with Gasteiger partial charge in [-0.2, -0.15) is 4.31 Å². The molecule has 1 heterocycles. The highest BCUT2D eigenvalue weighted by molar-refractivity contribution is 7.89. The Bertz CT molecular complexity index is 699. The van der Waals surface area contributed by atoms with E-state index in [0.717, 1.165) is 9.87 Å². The van der Waals surface area contributed by atoms with Crippen LogP contribution in [0.1, 0.15) is 18.4 Å². The summed E-state index contributed by atoms with van der Waals surface area (Å²) in [5, 5.41) is 11.0. The van der Waals surface area contributed by atoms with Crippen molar-refractivity contribution in [1.29, 1.82) is 0 Å². The molecule has 1 aliphatic heterocycles. The van der Waals surface area contributed by atoms with Crippen molar-refractivity contribution in [3.8, 4) is 0 Å². The van der Waals surface area contributed by atoms with E-state index in [4.69, 9.17) is 5.11 Å². The summed E-state index contributed by atoms with van der Waals surface area (Å²) in [6.45, 7) is 5.38. The molecule has 2 N–H and O–H groups in total. The second-order valence-electron chi connectivity index (χ2n) is 5.49. The highest BCUT2D eigenvalue weighted by Crippen LogP contribution is 2.26. The van der Waals surface area contributed by atoms with Crippen molar-refractivity contribution in [3.05, 3.63) is 36.8 Å². The van der Waals surface area contributed by atoms with Crippen LogP contribution in [0.3, 0.4) is 0 Å². The third-order valence-corrected chi connectivity index (χ3v) is 5.67. The van der Waals surface area contributed by atoms with Crippen LogP contribution in [0.15, 0.2) is 29.2 Å². The van der Waals surface area contributed by atoms with Crippen molar-refractivity contribution in [3.63, 3.8) is 0 Å². The van der Waals surface area contributed by atoms with E-state index in [1.807, 2.05) is 6.92 Å². The summed E-state index contributed by atoms with van der Waals surface area (Å²) in [5.41, 5.74) is 0.932. The van der Waals surface area contributed by atoms with Crippen molar-refractivity contribution in [1.82, 2.24) is 9.62 Å². The molecule has 7 nitrogen and oxygen atoms in total. The Labute approximate surface area is 135 Å². The molecule has 23 heavy (non-hydrogen) atoms. The third kappa shape index (κ3) is 3.70. The lowest BCUT2D eigenvalue weighted by Gasteiger charge is -2.24. The average molecular weight is 339 g/mol. The maximum atomic E-state index is 12.7. The number of carboxylic acid groups (broad SMARTS) is 1. The molecule has 1 radical (unpaired) electrons. The molecule has 125 valence electrons. The summed E-state index contributed by atoms with van der Waals surface area (Å²) in [5.74, 6) is -1.91. The van der Waals surface area contributed by atoms with Crippen LogP contribution in [0, 0.1) is 13.8 Å². The first-order valence-corrected chi connectivity index (χ1v) is 8.62. The van der Waals surface area contributed by atoms with Crippen molar-refractivity contribution in [2.45, 2.75) is 36.7 Å². The van der Waals surface area contributed by atoms with E-state index in [-0.39, 0.29) is 11.4 Å². The first-order valence-electron chi connectivity index (χ1n) is 7.18. The van der Waals surface area contributed by atoms with Crippen LogP contribution in [0.4, 0.5) is 0 Å². The molecule has 1 aliphatic rings. The van der Waals surface area contributed by atoms with Gasteiger partial charge in [-0.25, -0.2) is 13.2 Å². The second-order valence-corrected chi connectivity index (χ2v) is 7.38. The lowest BCUT2D eigenvalue weighted by atomic mass is 10.2. The predicted molar refractivity (Wildman–Crippen MR) is 83.0 cm³/mol. The van der Waals surface area contributed by atoms with Gasteiger partial charge >= 0.3 is 5.97 Å². The Kier molecular flexibility index (Phi) is 5.06. The van der Waals surface area contributed by atoms with Gasteiger partial charge in [-0.05, 0) is 38.8 Å². The lowest BCUT2D eigenvalue weighted by Crippen LogP contribution is -2.50. The number of carboxylic acids is 1. The summed E-state index contributed by atoms with van der Waals surface area (Å²) >= 11 is 0. The molecule has 1 unspecified atom stereocenters. The Hall–Kier alpha value is -1.93. The van der Waals surface area contributed by atoms with E-state index in [9.17, 15) is 18.0 Å². The largest absolute Gasteiger partial charge is 0.480 e. The van der Waals surface area contributed by atoms with Gasteiger partial charge in [-0.15, -0.1) is 0 Å². The van der Waals surface area contributed by atoms with Crippen molar-refractivity contribution >= 4 is 21.9 Å². The molecular formula is C15H19N2O5S. The normalized spacial score (nSPS) is 20.2. The fourth-order valence-corrected chi connectivity index (χ4v) is 4.12. The monoisotopic (exact) mass is 339 g/mol. The standard InChI is InChI=1S/C15H19N2O5S/c1-10-5-7-12(8-6-10)23(21,22)17-9-3-4-13(17)14(18)16-11(2)15(19)20/h5-8,11,13H,2-4,9H2,1H3,(H,16,18)(H,19,20)/t11?,13-/m1/s1. The van der Waals surface area contributed by atoms with Crippen LogP contribution >= 0.6 is 0 Å². The Balaban J connectivity index is 2.22. The van der Waals surface area contributed by atoms with Crippen LogP contribution in [0.2, 0.25) is 0 Å². The Morgan fingerprint density at radius 2 is 1.96 bits per heavy atom. The average Bonchev–Trinajstić information content (AvgIpc) is 2.97. The highest BCUT2D eigenvalue weighted by Gasteiger charge is 2.40. The molecule has 0 spiro atoms. The van der Waals surface area contributed by atoms with Crippen LogP contribution in [0.25, 0.3) is 0 Å². The third-order valence-electron chi connectivity index (χ3n) is 3.75. The number of aliphatic carboxylic acids is 1. The van der Waals surface area contributed by atoms with Crippen molar-refractivity contribution < 1.29 is 23.1 Å². The summed E-state index contributed by atoms with van der Waals surface area (Å²) in [4.78, 5) is 23.1. The van der Waals surface area contributed by atoms with Gasteiger partial charge in [-0.1, -0.05) is 17.7 Å². The lowest BCUT2D eigenvalue weighted by molar-refractivity contribution is -0.140. The number of carbonyl (C=O) groups excluding carboxylic acids is 1. The molecule has 0 saturated carbocycles. The number of nitrogens with one attached hydrogen (secondary N) is 1. The predicted octanol–water partition coefficient (Wildman–Crippen LogP) is 0.552. The fraction of sp³-hybridized carbons (Fsp3) is 0.400. The van der Waals surface area contributed by atoms with Crippen molar-refractivity contribution in [2.75, 3.05) is 6.54 Å². The highest BCUT2D eigenvalue weighted by atomic mass is 32.2. The van der Waals surface area contributed by atoms with Gasteiger partial charge < -0.3 is 10.4 Å². The summed E-state index contributed by atoms with van der Waals surface area (Å²) in [6, 6.07) is 4.15. The van der Waals surface area contributed by atoms with E-state index in [2.05, 4.69) is 12.2 Å². The number of rotatable bonds is 5. The van der Waals surface area contributed by atoms with E-state index >= 15 is 0 Å². The van der Waals surface area contributed by atoms with Crippen LogP contribution in [-0.2, 0) is 19.6 Å². The zero-order valence-corrected chi connectivity index (χ0v) is 13.5. The minimum atomic E-state index is -3.80. The molecule has 0 aromatic heterocycles. The zero-order chi connectivity index (χ0) is 17.2. The minimum absolute atomic E-state index is 0.118. The molecule has 0 aliphatic carbocycles. The van der Waals surface area contributed by atoms with E-state index in [1.165, 1.54) is 12.1 Å². The van der Waals surface area contributed by atoms with Gasteiger partial charge in [0.15, 0.2) is 0 Å². The summed E-state index contributed by atoms with van der Waals surface area (Å²) < 4.78 is 26.5. The van der Waals surface area contributed by atoms with Crippen LogP contribution in [-0.4, -0.2) is 48.3 Å². The fourth-order valence-electron chi connectivity index (χ4n) is 2.47. The van der Waals surface area contributed by atoms with E-state index < -0.39 is 34.0 Å². The number of sulfonamides is 1. The number of aryl methyl sites for hydroxylation is 1. The number of amides is 1. The van der Waals surface area contributed by atoms with Crippen molar-refractivity contribution in [2.24, 2.45) is 0 Å². The van der Waals surface area contributed by atoms with Gasteiger partial charge in [0.2, 0.25) is 15.9 Å². The second kappa shape index (κ2) is 6.67. The molecule has 8 heteroatoms. The van der Waals surface area contributed by atoms with Crippen LogP contribution < -0.4 is 5.32 Å². The molecule has 1 aromatic carbocycles. The summed E-state index contributed by atoms with van der Waals surface area (Å²) in [6.07, 6.45) is 0.890. The number of hydrogen-bond donors (Lipinski definition) is 2. The maximum absolute atomic E-state index is 12.7. The molecule has 1 saturated heterocycles. The van der Waals surface area contributed by atoms with Gasteiger partial charge in [0.05, 0.1) is 4.90 Å². The quantitative estimate of drug-likeness (QED) is 0.815. The molecular weight excluding hydrogens is 320 g/mol. The Morgan fingerprint density at radius 3 is 2.52 bits per heavy atom. The molecule has 1 amide bonds. The molecule has 2 rings (SSSR count). The topological polar surface area (TPSA) is 104 Å². The number of benzene rings is 1. The maximum Gasteiger partial charge on any atom is 0.326 e. The number of carbonyl (C=O) groups is 2.